The molecule has 4 heteroatoms. The van der Waals surface area contributed by atoms with Gasteiger partial charge in [0.2, 0.25) is 0 Å². The number of aryl methyl sites for hydroxylation is 1. The normalized spacial score (nSPS) is 12.3. The van der Waals surface area contributed by atoms with Crippen LogP contribution in [-0.2, 0) is 0 Å². The molecular formula is C15H14ClF2N. The summed E-state index contributed by atoms with van der Waals surface area (Å²) >= 11 is 6.10. The van der Waals surface area contributed by atoms with Gasteiger partial charge >= 0.3 is 0 Å². The summed E-state index contributed by atoms with van der Waals surface area (Å²) in [6, 6.07) is 9.31. The molecule has 0 aliphatic heterocycles. The molecule has 0 radical (unpaired) electrons. The van der Waals surface area contributed by atoms with Gasteiger partial charge in [-0.25, -0.2) is 8.78 Å². The fourth-order valence-corrected chi connectivity index (χ4v) is 2.19. The molecule has 0 aromatic heterocycles. The second-order valence-electron chi connectivity index (χ2n) is 4.49. The zero-order valence-corrected chi connectivity index (χ0v) is 11.4. The van der Waals surface area contributed by atoms with E-state index in [2.05, 4.69) is 5.32 Å². The molecule has 1 unspecified atom stereocenters. The lowest BCUT2D eigenvalue weighted by Crippen LogP contribution is -2.10. The van der Waals surface area contributed by atoms with Crippen LogP contribution in [-0.4, -0.2) is 0 Å². The average molecular weight is 282 g/mol. The van der Waals surface area contributed by atoms with Crippen molar-refractivity contribution in [2.45, 2.75) is 19.9 Å². The first kappa shape index (κ1) is 13.8. The van der Waals surface area contributed by atoms with Gasteiger partial charge in [-0.05, 0) is 37.6 Å². The van der Waals surface area contributed by atoms with Crippen molar-refractivity contribution >= 4 is 17.3 Å². The molecule has 0 saturated heterocycles. The smallest absolute Gasteiger partial charge is 0.164 e. The van der Waals surface area contributed by atoms with Crippen molar-refractivity contribution in [3.05, 3.63) is 64.2 Å². The predicted octanol–water partition coefficient (Wildman–Crippen LogP) is 5.10. The lowest BCUT2D eigenvalue weighted by atomic mass is 10.1. The molecule has 0 bridgehead atoms. The lowest BCUT2D eigenvalue weighted by Gasteiger charge is -2.17. The molecule has 0 saturated carbocycles. The Bertz CT molecular complexity index is 599. The minimum absolute atomic E-state index is 0.275. The van der Waals surface area contributed by atoms with E-state index in [4.69, 9.17) is 11.6 Å². The Hall–Kier alpha value is -1.61. The van der Waals surface area contributed by atoms with Crippen LogP contribution < -0.4 is 5.32 Å². The topological polar surface area (TPSA) is 12.0 Å². The van der Waals surface area contributed by atoms with E-state index in [1.165, 1.54) is 6.07 Å². The largest absolute Gasteiger partial charge is 0.377 e. The summed E-state index contributed by atoms with van der Waals surface area (Å²) < 4.78 is 26.9. The van der Waals surface area contributed by atoms with E-state index >= 15 is 0 Å². The monoisotopic (exact) mass is 281 g/mol. The van der Waals surface area contributed by atoms with Crippen LogP contribution in [0.3, 0.4) is 0 Å². The van der Waals surface area contributed by atoms with Crippen LogP contribution in [0.5, 0.6) is 0 Å². The highest BCUT2D eigenvalue weighted by Crippen LogP contribution is 2.28. The van der Waals surface area contributed by atoms with Gasteiger partial charge in [-0.1, -0.05) is 29.8 Å². The van der Waals surface area contributed by atoms with Crippen LogP contribution in [0.2, 0.25) is 5.02 Å². The highest BCUT2D eigenvalue weighted by molar-refractivity contribution is 6.33. The Morgan fingerprint density at radius 1 is 1.16 bits per heavy atom. The minimum atomic E-state index is -0.846. The van der Waals surface area contributed by atoms with Gasteiger partial charge in [0.1, 0.15) is 0 Å². The number of hydrogen-bond acceptors (Lipinski definition) is 1. The molecule has 1 nitrogen and oxygen atoms in total. The predicted molar refractivity (Wildman–Crippen MR) is 74.6 cm³/mol. The molecule has 1 atom stereocenters. The van der Waals surface area contributed by atoms with Crippen molar-refractivity contribution in [3.8, 4) is 0 Å². The van der Waals surface area contributed by atoms with Crippen LogP contribution in [0.4, 0.5) is 14.5 Å². The number of anilines is 1. The molecule has 2 rings (SSSR count). The molecule has 0 aliphatic carbocycles. The first-order chi connectivity index (χ1) is 8.99. The molecule has 0 amide bonds. The Balaban J connectivity index is 2.25. The van der Waals surface area contributed by atoms with E-state index in [9.17, 15) is 8.78 Å². The van der Waals surface area contributed by atoms with E-state index in [1.807, 2.05) is 25.1 Å². The number of rotatable bonds is 3. The Morgan fingerprint density at radius 2 is 1.89 bits per heavy atom. The van der Waals surface area contributed by atoms with Gasteiger partial charge in [0.05, 0.1) is 16.8 Å². The summed E-state index contributed by atoms with van der Waals surface area (Å²) in [6.45, 7) is 3.69. The second-order valence-corrected chi connectivity index (χ2v) is 4.90. The third kappa shape index (κ3) is 3.04. The molecule has 0 fully saturated rings. The summed E-state index contributed by atoms with van der Waals surface area (Å²) in [7, 11) is 0. The zero-order chi connectivity index (χ0) is 14.0. The SMILES string of the molecule is Cc1ccc(NC(C)c2cccc(F)c2F)c(Cl)c1. The zero-order valence-electron chi connectivity index (χ0n) is 10.7. The summed E-state index contributed by atoms with van der Waals surface area (Å²) in [4.78, 5) is 0. The molecule has 2 aromatic carbocycles. The van der Waals surface area contributed by atoms with Gasteiger partial charge in [-0.2, -0.15) is 0 Å². The van der Waals surface area contributed by atoms with Crippen LogP contribution >= 0.6 is 11.6 Å². The number of halogens is 3. The van der Waals surface area contributed by atoms with E-state index in [-0.39, 0.29) is 11.6 Å². The Labute approximate surface area is 116 Å². The molecule has 2 aromatic rings. The standard InChI is InChI=1S/C15H14ClF2N/c1-9-6-7-14(12(16)8-9)19-10(2)11-4-3-5-13(17)15(11)18/h3-8,10,19H,1-2H3. The molecule has 0 spiro atoms. The average Bonchev–Trinajstić information content (AvgIpc) is 2.36. The van der Waals surface area contributed by atoms with E-state index in [0.29, 0.717) is 10.7 Å². The van der Waals surface area contributed by atoms with Crippen molar-refractivity contribution in [2.75, 3.05) is 5.32 Å². The lowest BCUT2D eigenvalue weighted by molar-refractivity contribution is 0.494. The quantitative estimate of drug-likeness (QED) is 0.825. The van der Waals surface area contributed by atoms with Crippen molar-refractivity contribution in [3.63, 3.8) is 0 Å². The second kappa shape index (κ2) is 5.57. The van der Waals surface area contributed by atoms with Crippen LogP contribution in [0.1, 0.15) is 24.1 Å². The van der Waals surface area contributed by atoms with E-state index in [1.54, 1.807) is 13.0 Å². The summed E-state index contributed by atoms with van der Waals surface area (Å²) in [5.74, 6) is -1.67. The summed E-state index contributed by atoms with van der Waals surface area (Å²) in [5, 5.41) is 3.64. The van der Waals surface area contributed by atoms with Crippen molar-refractivity contribution < 1.29 is 8.78 Å². The van der Waals surface area contributed by atoms with Gasteiger partial charge in [-0.3, -0.25) is 0 Å². The highest BCUT2D eigenvalue weighted by atomic mass is 35.5. The third-order valence-electron chi connectivity index (χ3n) is 2.94. The van der Waals surface area contributed by atoms with Crippen LogP contribution in [0.25, 0.3) is 0 Å². The van der Waals surface area contributed by atoms with Crippen molar-refractivity contribution in [1.82, 2.24) is 0 Å². The van der Waals surface area contributed by atoms with E-state index in [0.717, 1.165) is 11.6 Å². The maximum atomic E-state index is 13.7. The molecule has 100 valence electrons. The Morgan fingerprint density at radius 3 is 2.58 bits per heavy atom. The first-order valence-corrected chi connectivity index (χ1v) is 6.33. The maximum absolute atomic E-state index is 13.7. The van der Waals surface area contributed by atoms with Gasteiger partial charge in [0, 0.05) is 5.56 Å². The molecule has 0 heterocycles. The molecule has 1 N–H and O–H groups in total. The van der Waals surface area contributed by atoms with Gasteiger partial charge in [0.25, 0.3) is 0 Å². The molecule has 0 aliphatic rings. The fraction of sp³-hybridized carbons (Fsp3) is 0.200. The third-order valence-corrected chi connectivity index (χ3v) is 3.26. The summed E-state index contributed by atoms with van der Waals surface area (Å²) in [5.41, 5.74) is 2.01. The van der Waals surface area contributed by atoms with Gasteiger partial charge in [-0.15, -0.1) is 0 Å². The van der Waals surface area contributed by atoms with Crippen LogP contribution in [0, 0.1) is 18.6 Å². The van der Waals surface area contributed by atoms with Crippen LogP contribution in [0.15, 0.2) is 36.4 Å². The number of hydrogen-bond donors (Lipinski definition) is 1. The van der Waals surface area contributed by atoms with Crippen molar-refractivity contribution in [2.24, 2.45) is 0 Å². The number of benzene rings is 2. The molecular weight excluding hydrogens is 268 g/mol. The summed E-state index contributed by atoms with van der Waals surface area (Å²) in [6.07, 6.45) is 0. The number of nitrogens with one attached hydrogen (secondary N) is 1. The molecule has 19 heavy (non-hydrogen) atoms. The van der Waals surface area contributed by atoms with E-state index < -0.39 is 11.6 Å². The maximum Gasteiger partial charge on any atom is 0.164 e. The minimum Gasteiger partial charge on any atom is -0.377 e. The Kier molecular flexibility index (Phi) is 4.05. The first-order valence-electron chi connectivity index (χ1n) is 5.95. The fourth-order valence-electron chi connectivity index (χ4n) is 1.90. The van der Waals surface area contributed by atoms with Gasteiger partial charge in [0.15, 0.2) is 11.6 Å². The van der Waals surface area contributed by atoms with Crippen molar-refractivity contribution in [1.29, 1.82) is 0 Å². The van der Waals surface area contributed by atoms with Gasteiger partial charge < -0.3 is 5.32 Å². The highest BCUT2D eigenvalue weighted by Gasteiger charge is 2.14.